The molecule has 3 aromatic rings. The van der Waals surface area contributed by atoms with Crippen LogP contribution in [0.2, 0.25) is 10.0 Å². The summed E-state index contributed by atoms with van der Waals surface area (Å²) in [5, 5.41) is 4.68. The first-order valence-corrected chi connectivity index (χ1v) is 8.82. The van der Waals surface area contributed by atoms with Gasteiger partial charge in [-0.25, -0.2) is 4.98 Å². The molecule has 0 aliphatic rings. The maximum Gasteiger partial charge on any atom is 0.165 e. The lowest BCUT2D eigenvalue weighted by molar-refractivity contribution is 0.685. The normalized spacial score (nSPS) is 11.4. The summed E-state index contributed by atoms with van der Waals surface area (Å²) in [7, 11) is 0. The Balaban J connectivity index is 2.17. The minimum absolute atomic E-state index is 0.548. The highest BCUT2D eigenvalue weighted by Crippen LogP contribution is 2.32. The summed E-state index contributed by atoms with van der Waals surface area (Å²) >= 11 is 12.4. The molecule has 0 atom stereocenters. The maximum atomic E-state index is 6.37. The van der Waals surface area contributed by atoms with Crippen LogP contribution in [0.3, 0.4) is 0 Å². The molecule has 0 bridgehead atoms. The Morgan fingerprint density at radius 1 is 1.25 bits per heavy atom. The van der Waals surface area contributed by atoms with E-state index in [1.54, 1.807) is 12.3 Å². The number of fused-ring (bicyclic) bond motifs is 1. The molecule has 0 aliphatic heterocycles. The van der Waals surface area contributed by atoms with Gasteiger partial charge in [0.2, 0.25) is 0 Å². The fraction of sp³-hybridized carbons (Fsp3) is 0.333. The summed E-state index contributed by atoms with van der Waals surface area (Å²) in [6, 6.07) is 5.43. The Bertz CT molecular complexity index is 871. The SMILES string of the molecule is CCc1nc2c(-c3ccc(Cl)cc3Cl)nccn2c1NCC(C)C. The second kappa shape index (κ2) is 6.99. The van der Waals surface area contributed by atoms with Crippen LogP contribution in [0, 0.1) is 5.92 Å². The molecule has 3 rings (SSSR count). The molecule has 2 aromatic heterocycles. The van der Waals surface area contributed by atoms with Crippen LogP contribution in [0.15, 0.2) is 30.6 Å². The summed E-state index contributed by atoms with van der Waals surface area (Å²) < 4.78 is 2.05. The average Bonchev–Trinajstić information content (AvgIpc) is 2.91. The van der Waals surface area contributed by atoms with Gasteiger partial charge in [0.05, 0.1) is 10.7 Å². The van der Waals surface area contributed by atoms with Crippen molar-refractivity contribution in [2.24, 2.45) is 5.92 Å². The molecule has 0 radical (unpaired) electrons. The van der Waals surface area contributed by atoms with Crippen molar-refractivity contribution in [2.45, 2.75) is 27.2 Å². The third kappa shape index (κ3) is 3.21. The Morgan fingerprint density at radius 2 is 2.04 bits per heavy atom. The van der Waals surface area contributed by atoms with Gasteiger partial charge in [0.15, 0.2) is 5.65 Å². The van der Waals surface area contributed by atoms with Crippen LogP contribution in [0.4, 0.5) is 5.82 Å². The largest absolute Gasteiger partial charge is 0.369 e. The molecule has 6 heteroatoms. The number of imidazole rings is 1. The van der Waals surface area contributed by atoms with E-state index in [-0.39, 0.29) is 0 Å². The van der Waals surface area contributed by atoms with Crippen LogP contribution in [0.25, 0.3) is 16.9 Å². The van der Waals surface area contributed by atoms with Gasteiger partial charge in [-0.2, -0.15) is 0 Å². The van der Waals surface area contributed by atoms with E-state index >= 15 is 0 Å². The van der Waals surface area contributed by atoms with Gasteiger partial charge in [-0.15, -0.1) is 0 Å². The van der Waals surface area contributed by atoms with Crippen molar-refractivity contribution in [2.75, 3.05) is 11.9 Å². The van der Waals surface area contributed by atoms with Gasteiger partial charge in [0, 0.05) is 29.5 Å². The highest BCUT2D eigenvalue weighted by molar-refractivity contribution is 6.36. The van der Waals surface area contributed by atoms with E-state index in [1.165, 1.54) is 0 Å². The van der Waals surface area contributed by atoms with E-state index in [0.29, 0.717) is 16.0 Å². The van der Waals surface area contributed by atoms with Crippen molar-refractivity contribution in [3.63, 3.8) is 0 Å². The standard InChI is InChI=1S/C18H20Cl2N4/c1-4-15-17(22-10-11(2)3)24-8-7-21-16(18(24)23-15)13-6-5-12(19)9-14(13)20/h5-9,11,22H,4,10H2,1-3H3. The first-order chi connectivity index (χ1) is 11.5. The summed E-state index contributed by atoms with van der Waals surface area (Å²) in [6.07, 6.45) is 4.54. The number of benzene rings is 1. The Labute approximate surface area is 151 Å². The molecule has 0 saturated heterocycles. The first-order valence-electron chi connectivity index (χ1n) is 8.06. The molecule has 126 valence electrons. The van der Waals surface area contributed by atoms with Gasteiger partial charge in [0.25, 0.3) is 0 Å². The highest BCUT2D eigenvalue weighted by atomic mass is 35.5. The van der Waals surface area contributed by atoms with Gasteiger partial charge in [-0.3, -0.25) is 9.38 Å². The van der Waals surface area contributed by atoms with Crippen molar-refractivity contribution in [1.29, 1.82) is 0 Å². The van der Waals surface area contributed by atoms with Crippen LogP contribution in [0.5, 0.6) is 0 Å². The summed E-state index contributed by atoms with van der Waals surface area (Å²) in [4.78, 5) is 9.31. The maximum absolute atomic E-state index is 6.37. The molecule has 24 heavy (non-hydrogen) atoms. The smallest absolute Gasteiger partial charge is 0.165 e. The molecule has 0 saturated carbocycles. The van der Waals surface area contributed by atoms with Crippen molar-refractivity contribution >= 4 is 34.7 Å². The van der Waals surface area contributed by atoms with Gasteiger partial charge in [-0.05, 0) is 30.5 Å². The predicted octanol–water partition coefficient (Wildman–Crippen LogP) is 5.33. The Kier molecular flexibility index (Phi) is 4.97. The van der Waals surface area contributed by atoms with E-state index in [2.05, 4.69) is 35.5 Å². The number of hydrogen-bond acceptors (Lipinski definition) is 3. The number of aromatic nitrogens is 3. The van der Waals surface area contributed by atoms with Gasteiger partial charge in [-0.1, -0.05) is 44.0 Å². The van der Waals surface area contributed by atoms with Crippen molar-refractivity contribution in [3.8, 4) is 11.3 Å². The van der Waals surface area contributed by atoms with Crippen molar-refractivity contribution in [1.82, 2.24) is 14.4 Å². The fourth-order valence-electron chi connectivity index (χ4n) is 2.63. The molecular formula is C18H20Cl2N4. The van der Waals surface area contributed by atoms with Crippen LogP contribution in [-0.2, 0) is 6.42 Å². The molecule has 0 fully saturated rings. The number of nitrogens with one attached hydrogen (secondary N) is 1. The third-order valence-corrected chi connectivity index (χ3v) is 4.36. The van der Waals surface area contributed by atoms with Gasteiger partial charge >= 0.3 is 0 Å². The number of aryl methyl sites for hydroxylation is 1. The molecule has 0 spiro atoms. The van der Waals surface area contributed by atoms with E-state index < -0.39 is 0 Å². The van der Waals surface area contributed by atoms with Gasteiger partial charge in [0.1, 0.15) is 11.5 Å². The second-order valence-electron chi connectivity index (χ2n) is 6.13. The zero-order valence-electron chi connectivity index (χ0n) is 14.0. The van der Waals surface area contributed by atoms with Crippen LogP contribution < -0.4 is 5.32 Å². The van der Waals surface area contributed by atoms with E-state index in [0.717, 1.165) is 41.4 Å². The molecule has 1 aromatic carbocycles. The molecule has 4 nitrogen and oxygen atoms in total. The fourth-order valence-corrected chi connectivity index (χ4v) is 3.13. The van der Waals surface area contributed by atoms with Crippen LogP contribution in [0.1, 0.15) is 26.5 Å². The van der Waals surface area contributed by atoms with Gasteiger partial charge < -0.3 is 5.32 Å². The highest BCUT2D eigenvalue weighted by Gasteiger charge is 2.17. The van der Waals surface area contributed by atoms with Crippen LogP contribution in [-0.4, -0.2) is 20.9 Å². The number of anilines is 1. The Hall–Kier alpha value is -1.78. The zero-order valence-corrected chi connectivity index (χ0v) is 15.5. The monoisotopic (exact) mass is 362 g/mol. The molecule has 1 N–H and O–H groups in total. The summed E-state index contributed by atoms with van der Waals surface area (Å²) in [5.74, 6) is 1.57. The number of halogens is 2. The van der Waals surface area contributed by atoms with E-state index in [4.69, 9.17) is 28.2 Å². The first kappa shape index (κ1) is 17.1. The molecular weight excluding hydrogens is 343 g/mol. The quantitative estimate of drug-likeness (QED) is 0.666. The summed E-state index contributed by atoms with van der Waals surface area (Å²) in [6.45, 7) is 7.36. The lowest BCUT2D eigenvalue weighted by atomic mass is 10.1. The van der Waals surface area contributed by atoms with E-state index in [1.807, 2.05) is 18.3 Å². The van der Waals surface area contributed by atoms with Crippen LogP contribution >= 0.6 is 23.2 Å². The minimum Gasteiger partial charge on any atom is -0.369 e. The lowest BCUT2D eigenvalue weighted by Crippen LogP contribution is -2.11. The number of rotatable bonds is 5. The van der Waals surface area contributed by atoms with Crippen molar-refractivity contribution < 1.29 is 0 Å². The predicted molar refractivity (Wildman–Crippen MR) is 101 cm³/mol. The number of nitrogens with zero attached hydrogens (tertiary/aromatic N) is 3. The summed E-state index contributed by atoms with van der Waals surface area (Å²) in [5.41, 5.74) is 3.40. The molecule has 0 amide bonds. The average molecular weight is 363 g/mol. The third-order valence-electron chi connectivity index (χ3n) is 3.81. The minimum atomic E-state index is 0.548. The lowest BCUT2D eigenvalue weighted by Gasteiger charge is -2.11. The zero-order chi connectivity index (χ0) is 17.3. The Morgan fingerprint density at radius 3 is 2.71 bits per heavy atom. The molecule has 2 heterocycles. The number of hydrogen-bond donors (Lipinski definition) is 1. The van der Waals surface area contributed by atoms with E-state index in [9.17, 15) is 0 Å². The second-order valence-corrected chi connectivity index (χ2v) is 6.97. The van der Waals surface area contributed by atoms with Crippen molar-refractivity contribution in [3.05, 3.63) is 46.3 Å². The topological polar surface area (TPSA) is 42.2 Å². The molecule has 0 aliphatic carbocycles. The molecule has 0 unspecified atom stereocenters.